The number of hydrogen-bond acceptors (Lipinski definition) is 10. The number of benzene rings is 1. The second-order valence-electron chi connectivity index (χ2n) is 16.9. The van der Waals surface area contributed by atoms with Gasteiger partial charge in [0.15, 0.2) is 0 Å². The van der Waals surface area contributed by atoms with Crippen molar-refractivity contribution in [1.82, 2.24) is 39.6 Å². The van der Waals surface area contributed by atoms with Crippen LogP contribution in [0.15, 0.2) is 42.6 Å². The third kappa shape index (κ3) is 9.78. The van der Waals surface area contributed by atoms with Gasteiger partial charge in [-0.1, -0.05) is 23.8 Å². The van der Waals surface area contributed by atoms with Crippen molar-refractivity contribution in [2.24, 2.45) is 11.8 Å². The van der Waals surface area contributed by atoms with E-state index in [1.807, 2.05) is 15.8 Å². The fourth-order valence-electron chi connectivity index (χ4n) is 9.66. The Morgan fingerprint density at radius 2 is 1.78 bits per heavy atom. The molecule has 5 atom stereocenters. The van der Waals surface area contributed by atoms with E-state index in [9.17, 15) is 27.6 Å². The molecule has 0 N–H and O–H groups in total. The molecule has 0 saturated carbocycles. The van der Waals surface area contributed by atoms with Crippen molar-refractivity contribution in [2.45, 2.75) is 95.3 Å². The zero-order chi connectivity index (χ0) is 41.8. The van der Waals surface area contributed by atoms with Crippen molar-refractivity contribution in [3.8, 4) is 17.1 Å². The van der Waals surface area contributed by atoms with E-state index in [2.05, 4.69) is 20.2 Å². The van der Waals surface area contributed by atoms with Gasteiger partial charge in [-0.05, 0) is 81.6 Å². The van der Waals surface area contributed by atoms with E-state index < -0.39 is 29.8 Å². The minimum Gasteiger partial charge on any atom is -0.478 e. The maximum absolute atomic E-state index is 14.7. The molecule has 2 aromatic heterocycles. The maximum atomic E-state index is 14.7. The first-order valence-corrected chi connectivity index (χ1v) is 21.5. The fourth-order valence-corrected chi connectivity index (χ4v) is 9.66. The Hall–Kier alpha value is -4.61. The average molecular weight is 837 g/mol. The van der Waals surface area contributed by atoms with Crippen LogP contribution in [0.5, 0.6) is 5.88 Å². The highest BCUT2D eigenvalue weighted by Gasteiger charge is 2.45. The van der Waals surface area contributed by atoms with Crippen LogP contribution >= 0.6 is 0 Å². The van der Waals surface area contributed by atoms with Crippen LogP contribution in [0, 0.1) is 11.8 Å². The number of rotatable bonds is 10. The van der Waals surface area contributed by atoms with Gasteiger partial charge in [-0.2, -0.15) is 13.2 Å². The van der Waals surface area contributed by atoms with Gasteiger partial charge < -0.3 is 33.8 Å². The van der Waals surface area contributed by atoms with Crippen molar-refractivity contribution in [1.29, 1.82) is 0 Å². The van der Waals surface area contributed by atoms with Gasteiger partial charge in [0.2, 0.25) is 17.7 Å². The maximum Gasteiger partial charge on any atom is 0.416 e. The number of piperidine rings is 2. The number of methoxy groups -OCH3 is 1. The lowest BCUT2D eigenvalue weighted by Gasteiger charge is -2.41. The SMILES string of the molecule is COC[C@@H]1CCCN1C(=O)C[C@@H]1CCN2C[C@@H]1CCOc1cc(C(F)(F)F)cc(n1)-c1cccc(c1)C(=O)N1C[C@H](OCc3cn(CCN4CCCCC4)nn3)C[C@H]1C2=O. The third-order valence-electron chi connectivity index (χ3n) is 12.9. The van der Waals surface area contributed by atoms with Gasteiger partial charge in [0.25, 0.3) is 5.91 Å². The highest BCUT2D eigenvalue weighted by atomic mass is 19.4. The molecule has 7 heterocycles. The lowest BCUT2D eigenvalue weighted by atomic mass is 9.80. The van der Waals surface area contributed by atoms with Crippen molar-refractivity contribution >= 4 is 17.7 Å². The summed E-state index contributed by atoms with van der Waals surface area (Å²) in [5.74, 6) is -1.08. The number of fused-ring (bicyclic) bond motifs is 8. The van der Waals surface area contributed by atoms with Crippen LogP contribution in [0.1, 0.15) is 79.4 Å². The molecule has 3 aromatic rings. The highest BCUT2D eigenvalue weighted by molar-refractivity contribution is 5.99. The van der Waals surface area contributed by atoms with Crippen LogP contribution in [-0.2, 0) is 38.4 Å². The third-order valence-corrected chi connectivity index (χ3v) is 12.9. The van der Waals surface area contributed by atoms with E-state index >= 15 is 0 Å². The molecule has 0 spiro atoms. The molecular formula is C43H55F3N8O6. The second kappa shape index (κ2) is 18.6. The first kappa shape index (κ1) is 42.1. The minimum atomic E-state index is -4.67. The Morgan fingerprint density at radius 1 is 0.950 bits per heavy atom. The van der Waals surface area contributed by atoms with Crippen molar-refractivity contribution < 1.29 is 41.8 Å². The quantitative estimate of drug-likeness (QED) is 0.277. The molecule has 324 valence electrons. The summed E-state index contributed by atoms with van der Waals surface area (Å²) in [6.07, 6.45) is 3.65. The van der Waals surface area contributed by atoms with Crippen LogP contribution in [0.3, 0.4) is 0 Å². The number of hydrogen-bond donors (Lipinski definition) is 0. The molecule has 8 rings (SSSR count). The number of halogens is 3. The van der Waals surface area contributed by atoms with E-state index in [4.69, 9.17) is 14.2 Å². The van der Waals surface area contributed by atoms with Crippen LogP contribution in [0.25, 0.3) is 11.3 Å². The lowest BCUT2D eigenvalue weighted by molar-refractivity contribution is -0.140. The summed E-state index contributed by atoms with van der Waals surface area (Å²) in [6.45, 7) is 5.96. The van der Waals surface area contributed by atoms with Gasteiger partial charge in [-0.3, -0.25) is 19.1 Å². The van der Waals surface area contributed by atoms with Crippen molar-refractivity contribution in [3.05, 3.63) is 59.4 Å². The van der Waals surface area contributed by atoms with Gasteiger partial charge in [0.05, 0.1) is 56.0 Å². The summed E-state index contributed by atoms with van der Waals surface area (Å²) in [7, 11) is 1.63. The number of likely N-dealkylation sites (tertiary alicyclic amines) is 2. The summed E-state index contributed by atoms with van der Waals surface area (Å²) in [6, 6.07) is 7.30. The zero-order valence-corrected chi connectivity index (χ0v) is 34.2. The number of aromatic nitrogens is 4. The Balaban J connectivity index is 1.04. The molecule has 0 unspecified atom stereocenters. The Kier molecular flexibility index (Phi) is 13.0. The van der Waals surface area contributed by atoms with Crippen molar-refractivity contribution in [2.75, 3.05) is 66.1 Å². The molecule has 5 aliphatic heterocycles. The van der Waals surface area contributed by atoms with E-state index in [1.165, 1.54) is 30.2 Å². The van der Waals surface area contributed by atoms with Gasteiger partial charge in [-0.15, -0.1) is 5.10 Å². The molecule has 3 amide bonds. The summed E-state index contributed by atoms with van der Waals surface area (Å²) in [5, 5.41) is 8.62. The Bertz CT molecular complexity index is 1990. The topological polar surface area (TPSA) is 135 Å². The predicted octanol–water partition coefficient (Wildman–Crippen LogP) is 4.92. The smallest absolute Gasteiger partial charge is 0.416 e. The average Bonchev–Trinajstić information content (AvgIpc) is 4.03. The molecule has 14 nitrogen and oxygen atoms in total. The molecule has 4 saturated heterocycles. The molecule has 0 radical (unpaired) electrons. The number of alkyl halides is 3. The molecule has 6 bridgehead atoms. The number of carbonyl (C=O) groups excluding carboxylic acids is 3. The minimum absolute atomic E-state index is 0.00402. The van der Waals surface area contributed by atoms with E-state index in [0.717, 1.165) is 51.2 Å². The summed E-state index contributed by atoms with van der Waals surface area (Å²) >= 11 is 0. The standard InChI is InChI=1S/C43H55F3N8O6/c1-58-28-35-9-6-14-53(35)40(55)20-29-10-15-51-24-32(29)11-18-59-39-22-33(43(44,45)46)21-37(47-39)30-7-5-8-31(19-30)41(56)54-26-36(23-38(54)42(51)57)60-27-34-25-52(49-48-34)17-16-50-12-3-2-4-13-50/h5,7-8,19,21-22,25,29,32,35-36,38H,2-4,6,9-18,20,23-24,26-28H2,1H3/t29-,32-,35-,36+,38-/m0/s1. The molecule has 4 fully saturated rings. The number of amides is 3. The summed E-state index contributed by atoms with van der Waals surface area (Å²) in [4.78, 5) is 54.9. The van der Waals surface area contributed by atoms with Crippen LogP contribution < -0.4 is 4.74 Å². The molecule has 60 heavy (non-hydrogen) atoms. The molecular weight excluding hydrogens is 782 g/mol. The molecule has 17 heteroatoms. The summed E-state index contributed by atoms with van der Waals surface area (Å²) < 4.78 is 62.2. The molecule has 0 aliphatic carbocycles. The van der Waals surface area contributed by atoms with E-state index in [1.54, 1.807) is 30.2 Å². The number of nitrogens with zero attached hydrogens (tertiary/aromatic N) is 8. The number of ether oxygens (including phenoxy) is 3. The second-order valence-corrected chi connectivity index (χ2v) is 16.9. The molecule has 1 aromatic carbocycles. The Morgan fingerprint density at radius 3 is 2.60 bits per heavy atom. The first-order valence-electron chi connectivity index (χ1n) is 21.5. The fraction of sp³-hybridized carbons (Fsp3) is 0.628. The van der Waals surface area contributed by atoms with E-state index in [-0.39, 0.29) is 79.4 Å². The Labute approximate surface area is 348 Å². The molecule has 5 aliphatic rings. The van der Waals surface area contributed by atoms with Crippen LogP contribution in [-0.4, -0.2) is 142 Å². The first-order chi connectivity index (χ1) is 29.0. The highest BCUT2D eigenvalue weighted by Crippen LogP contribution is 2.37. The predicted molar refractivity (Wildman–Crippen MR) is 213 cm³/mol. The monoisotopic (exact) mass is 836 g/mol. The number of carbonyl (C=O) groups is 3. The van der Waals surface area contributed by atoms with Gasteiger partial charge in [-0.25, -0.2) is 4.98 Å². The van der Waals surface area contributed by atoms with Crippen molar-refractivity contribution in [3.63, 3.8) is 0 Å². The lowest BCUT2D eigenvalue weighted by Crippen LogP contribution is -2.52. The van der Waals surface area contributed by atoms with Gasteiger partial charge in [0.1, 0.15) is 11.7 Å². The zero-order valence-electron chi connectivity index (χ0n) is 34.2. The summed E-state index contributed by atoms with van der Waals surface area (Å²) in [5.41, 5.74) is 0.243. The normalized spacial score (nSPS) is 25.4. The van der Waals surface area contributed by atoms with Crippen LogP contribution in [0.4, 0.5) is 13.2 Å². The van der Waals surface area contributed by atoms with Gasteiger partial charge in [0, 0.05) is 69.9 Å². The number of pyridine rings is 1. The van der Waals surface area contributed by atoms with E-state index in [0.29, 0.717) is 50.3 Å². The largest absolute Gasteiger partial charge is 0.478 e. The van der Waals surface area contributed by atoms with Crippen LogP contribution in [0.2, 0.25) is 0 Å². The van der Waals surface area contributed by atoms with Gasteiger partial charge >= 0.3 is 6.18 Å².